The van der Waals surface area contributed by atoms with Crippen LogP contribution in [0.2, 0.25) is 0 Å². The molecule has 0 bridgehead atoms. The van der Waals surface area contributed by atoms with Gasteiger partial charge >= 0.3 is 5.97 Å². The maximum absolute atomic E-state index is 12.1. The largest absolute Gasteiger partial charge is 0.482 e. The third-order valence-corrected chi connectivity index (χ3v) is 4.66. The van der Waals surface area contributed by atoms with Gasteiger partial charge in [-0.25, -0.2) is 4.79 Å². The zero-order valence-corrected chi connectivity index (χ0v) is 14.2. The fourth-order valence-corrected chi connectivity index (χ4v) is 3.57. The van der Waals surface area contributed by atoms with Crippen molar-refractivity contribution in [2.24, 2.45) is 0 Å². The van der Waals surface area contributed by atoms with E-state index in [1.54, 1.807) is 19.1 Å². The van der Waals surface area contributed by atoms with Crippen molar-refractivity contribution < 1.29 is 29.3 Å². The van der Waals surface area contributed by atoms with E-state index in [1.807, 2.05) is 12.1 Å². The van der Waals surface area contributed by atoms with E-state index >= 15 is 0 Å². The number of ether oxygens (including phenoxy) is 2. The minimum absolute atomic E-state index is 0.0409. The van der Waals surface area contributed by atoms with E-state index in [1.165, 1.54) is 16.7 Å². The first-order valence-corrected chi connectivity index (χ1v) is 8.69. The lowest BCUT2D eigenvalue weighted by molar-refractivity contribution is -0.145. The second-order valence-corrected chi connectivity index (χ2v) is 6.25. The molecular weight excluding hydrogens is 334 g/mol. The van der Waals surface area contributed by atoms with Crippen LogP contribution in [0.15, 0.2) is 24.3 Å². The number of carbonyl (C=O) groups is 2. The van der Waals surface area contributed by atoms with Crippen LogP contribution in [0.25, 0.3) is 0 Å². The molecular formula is C16H21NO6S. The van der Waals surface area contributed by atoms with Gasteiger partial charge in [0.25, 0.3) is 0 Å². The monoisotopic (exact) mass is 355 g/mol. The fourth-order valence-electron chi connectivity index (χ4n) is 2.35. The lowest BCUT2D eigenvalue weighted by atomic mass is 10.1. The highest BCUT2D eigenvalue weighted by molar-refractivity contribution is 8.00. The summed E-state index contributed by atoms with van der Waals surface area (Å²) in [4.78, 5) is 25.1. The number of hydrogen-bond donors (Lipinski definition) is 2. The maximum Gasteiger partial charge on any atom is 0.344 e. The van der Waals surface area contributed by atoms with E-state index < -0.39 is 18.7 Å². The molecule has 1 aliphatic heterocycles. The molecule has 1 amide bonds. The summed E-state index contributed by atoms with van der Waals surface area (Å²) in [7, 11) is 0. The number of hydrogen-bond acceptors (Lipinski definition) is 7. The summed E-state index contributed by atoms with van der Waals surface area (Å²) in [5, 5.41) is 18.3. The third-order valence-electron chi connectivity index (χ3n) is 3.42. The molecule has 0 saturated carbocycles. The standard InChI is InChI=1S/C16H21NO6S/c1-2-22-15(21)9-23-13-6-4-3-5-12(13)16-17(7-11(19)8-18)14(20)10-24-16/h3-6,11,16,18-19H,2,7-10H2,1H3/t11-,16?/m0/s1. The molecule has 0 spiro atoms. The smallest absolute Gasteiger partial charge is 0.344 e. The van der Waals surface area contributed by atoms with Crippen molar-refractivity contribution in [3.05, 3.63) is 29.8 Å². The zero-order valence-electron chi connectivity index (χ0n) is 13.4. The Bertz CT molecular complexity index is 581. The van der Waals surface area contributed by atoms with Gasteiger partial charge < -0.3 is 24.6 Å². The lowest BCUT2D eigenvalue weighted by Crippen LogP contribution is -2.37. The number of amides is 1. The Morgan fingerprint density at radius 1 is 1.46 bits per heavy atom. The number of carbonyl (C=O) groups excluding carboxylic acids is 2. The molecule has 7 nitrogen and oxygen atoms in total. The molecule has 1 aromatic carbocycles. The van der Waals surface area contributed by atoms with Crippen molar-refractivity contribution >= 4 is 23.6 Å². The van der Waals surface area contributed by atoms with Gasteiger partial charge in [0.15, 0.2) is 6.61 Å². The summed E-state index contributed by atoms with van der Waals surface area (Å²) < 4.78 is 10.4. The Labute approximate surface area is 144 Å². The average molecular weight is 355 g/mol. The second kappa shape index (κ2) is 8.91. The van der Waals surface area contributed by atoms with E-state index in [0.717, 1.165) is 5.56 Å². The number of thioether (sulfide) groups is 1. The van der Waals surface area contributed by atoms with Crippen LogP contribution in [0.4, 0.5) is 0 Å². The Balaban J connectivity index is 2.15. The highest BCUT2D eigenvalue weighted by Crippen LogP contribution is 2.42. The van der Waals surface area contributed by atoms with E-state index in [9.17, 15) is 14.7 Å². The molecule has 1 fully saturated rings. The Morgan fingerprint density at radius 2 is 2.21 bits per heavy atom. The SMILES string of the molecule is CCOC(=O)COc1ccccc1C1SCC(=O)N1C[C@H](O)CO. The zero-order chi connectivity index (χ0) is 17.5. The number of aliphatic hydroxyl groups excluding tert-OH is 2. The predicted octanol–water partition coefficient (Wildman–Crippen LogP) is 0.556. The van der Waals surface area contributed by atoms with Crippen molar-refractivity contribution in [1.29, 1.82) is 0 Å². The van der Waals surface area contributed by atoms with E-state index in [-0.39, 0.29) is 36.8 Å². The highest BCUT2D eigenvalue weighted by atomic mass is 32.2. The van der Waals surface area contributed by atoms with Gasteiger partial charge in [-0.1, -0.05) is 18.2 Å². The van der Waals surface area contributed by atoms with E-state index in [0.29, 0.717) is 5.75 Å². The number of rotatable bonds is 8. The van der Waals surface area contributed by atoms with Crippen LogP contribution in [-0.2, 0) is 14.3 Å². The van der Waals surface area contributed by atoms with E-state index in [4.69, 9.17) is 14.6 Å². The maximum atomic E-state index is 12.1. The number of nitrogens with zero attached hydrogens (tertiary/aromatic N) is 1. The summed E-state index contributed by atoms with van der Waals surface area (Å²) >= 11 is 1.41. The van der Waals surface area contributed by atoms with Gasteiger partial charge in [0.2, 0.25) is 5.91 Å². The molecule has 24 heavy (non-hydrogen) atoms. The number of benzene rings is 1. The molecule has 0 aromatic heterocycles. The van der Waals surface area contributed by atoms with Crippen molar-refractivity contribution in [2.45, 2.75) is 18.4 Å². The number of para-hydroxylation sites is 1. The van der Waals surface area contributed by atoms with Gasteiger partial charge in [-0.3, -0.25) is 4.79 Å². The van der Waals surface area contributed by atoms with Gasteiger partial charge in [0.1, 0.15) is 11.1 Å². The van der Waals surface area contributed by atoms with Gasteiger partial charge in [0, 0.05) is 5.56 Å². The summed E-state index contributed by atoms with van der Waals surface area (Å²) in [6.07, 6.45) is -0.997. The molecule has 8 heteroatoms. The Kier molecular flexibility index (Phi) is 6.89. The number of esters is 1. The summed E-state index contributed by atoms with van der Waals surface area (Å²) in [6.45, 7) is 1.41. The average Bonchev–Trinajstić information content (AvgIpc) is 2.94. The normalized spacial score (nSPS) is 18.5. The van der Waals surface area contributed by atoms with Gasteiger partial charge in [-0.05, 0) is 13.0 Å². The molecule has 2 atom stereocenters. The van der Waals surface area contributed by atoms with Crippen LogP contribution in [0, 0.1) is 0 Å². The quantitative estimate of drug-likeness (QED) is 0.658. The molecule has 2 rings (SSSR count). The minimum atomic E-state index is -0.997. The molecule has 0 aliphatic carbocycles. The van der Waals surface area contributed by atoms with Crippen LogP contribution in [-0.4, -0.2) is 65.2 Å². The minimum Gasteiger partial charge on any atom is -0.482 e. The van der Waals surface area contributed by atoms with Crippen molar-refractivity contribution in [1.82, 2.24) is 4.90 Å². The first-order valence-electron chi connectivity index (χ1n) is 7.64. The molecule has 1 heterocycles. The van der Waals surface area contributed by atoms with Crippen LogP contribution in [0.3, 0.4) is 0 Å². The van der Waals surface area contributed by atoms with Crippen LogP contribution >= 0.6 is 11.8 Å². The Hall–Kier alpha value is -1.77. The van der Waals surface area contributed by atoms with Crippen LogP contribution < -0.4 is 4.74 Å². The molecule has 0 radical (unpaired) electrons. The predicted molar refractivity (Wildman–Crippen MR) is 88.6 cm³/mol. The second-order valence-electron chi connectivity index (χ2n) is 5.18. The molecule has 1 saturated heterocycles. The van der Waals surface area contributed by atoms with Crippen molar-refractivity contribution in [3.8, 4) is 5.75 Å². The molecule has 1 unspecified atom stereocenters. The lowest BCUT2D eigenvalue weighted by Gasteiger charge is -2.27. The van der Waals surface area contributed by atoms with Gasteiger partial charge in [-0.15, -0.1) is 11.8 Å². The summed E-state index contributed by atoms with van der Waals surface area (Å²) in [6, 6.07) is 7.13. The molecule has 2 N–H and O–H groups in total. The molecule has 132 valence electrons. The number of β-amino-alcohol motifs (C(OH)–C–C–N with tert-alkyl or cyclic N) is 1. The Morgan fingerprint density at radius 3 is 2.92 bits per heavy atom. The summed E-state index contributed by atoms with van der Waals surface area (Å²) in [5.41, 5.74) is 0.739. The van der Waals surface area contributed by atoms with Crippen LogP contribution in [0.1, 0.15) is 17.9 Å². The third kappa shape index (κ3) is 4.62. The first-order chi connectivity index (χ1) is 11.6. The fraction of sp³-hybridized carbons (Fsp3) is 0.500. The number of aliphatic hydroxyl groups is 2. The van der Waals surface area contributed by atoms with Gasteiger partial charge in [0.05, 0.1) is 31.6 Å². The van der Waals surface area contributed by atoms with E-state index in [2.05, 4.69) is 0 Å². The van der Waals surface area contributed by atoms with Crippen molar-refractivity contribution in [2.75, 3.05) is 32.1 Å². The van der Waals surface area contributed by atoms with Crippen LogP contribution in [0.5, 0.6) is 5.75 Å². The molecule has 1 aliphatic rings. The van der Waals surface area contributed by atoms with Gasteiger partial charge in [-0.2, -0.15) is 0 Å². The first kappa shape index (κ1) is 18.6. The highest BCUT2D eigenvalue weighted by Gasteiger charge is 2.35. The van der Waals surface area contributed by atoms with Crippen molar-refractivity contribution in [3.63, 3.8) is 0 Å². The summed E-state index contributed by atoms with van der Waals surface area (Å²) in [5.74, 6) is 0.198. The molecule has 1 aromatic rings. The topological polar surface area (TPSA) is 96.3 Å².